The summed E-state index contributed by atoms with van der Waals surface area (Å²) in [6, 6.07) is -0.0872. The molecule has 0 radical (unpaired) electrons. The highest BCUT2D eigenvalue weighted by Gasteiger charge is 2.15. The number of hydrogen-bond donors (Lipinski definition) is 3. The fourth-order valence-electron chi connectivity index (χ4n) is 2.15. The summed E-state index contributed by atoms with van der Waals surface area (Å²) in [5.74, 6) is 0.472. The van der Waals surface area contributed by atoms with E-state index in [2.05, 4.69) is 20.8 Å². The molecule has 19 heavy (non-hydrogen) atoms. The lowest BCUT2D eigenvalue weighted by atomic mass is 10.1. The first kappa shape index (κ1) is 13.9. The van der Waals surface area contributed by atoms with Gasteiger partial charge in [0.1, 0.15) is 0 Å². The van der Waals surface area contributed by atoms with Gasteiger partial charge in [0.2, 0.25) is 0 Å². The second-order valence-corrected chi connectivity index (χ2v) is 4.99. The summed E-state index contributed by atoms with van der Waals surface area (Å²) in [6.45, 7) is 4.97. The van der Waals surface area contributed by atoms with E-state index in [0.29, 0.717) is 19.0 Å². The van der Waals surface area contributed by atoms with Crippen molar-refractivity contribution in [2.45, 2.75) is 26.2 Å². The number of carbonyl (C=O) groups excluding carboxylic acids is 1. The van der Waals surface area contributed by atoms with Gasteiger partial charge in [-0.3, -0.25) is 5.10 Å². The zero-order valence-electron chi connectivity index (χ0n) is 11.4. The number of aromatic amines is 1. The Hall–Kier alpha value is -1.56. The molecule has 0 aliphatic carbocycles. The molecular formula is C13H22N4O2. The molecule has 6 heteroatoms. The van der Waals surface area contributed by atoms with E-state index >= 15 is 0 Å². The van der Waals surface area contributed by atoms with Crippen LogP contribution in [0.1, 0.15) is 24.1 Å². The lowest BCUT2D eigenvalue weighted by Crippen LogP contribution is -2.38. The first-order valence-corrected chi connectivity index (χ1v) is 6.84. The predicted molar refractivity (Wildman–Crippen MR) is 72.0 cm³/mol. The average molecular weight is 266 g/mol. The number of aromatic nitrogens is 2. The smallest absolute Gasteiger partial charge is 0.314 e. The Labute approximate surface area is 113 Å². The molecule has 1 saturated heterocycles. The molecule has 106 valence electrons. The number of amides is 2. The van der Waals surface area contributed by atoms with Gasteiger partial charge in [-0.05, 0) is 31.7 Å². The van der Waals surface area contributed by atoms with E-state index in [1.165, 1.54) is 5.56 Å². The molecule has 1 aromatic rings. The summed E-state index contributed by atoms with van der Waals surface area (Å²) in [4.78, 5) is 11.5. The highest BCUT2D eigenvalue weighted by atomic mass is 16.5. The third kappa shape index (κ3) is 4.55. The van der Waals surface area contributed by atoms with Crippen molar-refractivity contribution in [1.29, 1.82) is 0 Å². The van der Waals surface area contributed by atoms with Crippen LogP contribution < -0.4 is 10.6 Å². The molecule has 0 bridgehead atoms. The van der Waals surface area contributed by atoms with Crippen molar-refractivity contribution in [2.75, 3.05) is 26.3 Å². The fourth-order valence-corrected chi connectivity index (χ4v) is 2.15. The highest BCUT2D eigenvalue weighted by molar-refractivity contribution is 5.73. The molecule has 1 fully saturated rings. The third-order valence-electron chi connectivity index (χ3n) is 3.42. The summed E-state index contributed by atoms with van der Waals surface area (Å²) in [5.41, 5.74) is 2.32. The maximum absolute atomic E-state index is 11.5. The van der Waals surface area contributed by atoms with E-state index in [0.717, 1.165) is 38.2 Å². The van der Waals surface area contributed by atoms with E-state index in [-0.39, 0.29) is 6.03 Å². The average Bonchev–Trinajstić information content (AvgIpc) is 3.04. The van der Waals surface area contributed by atoms with Gasteiger partial charge >= 0.3 is 6.03 Å². The minimum Gasteiger partial charge on any atom is -0.381 e. The largest absolute Gasteiger partial charge is 0.381 e. The van der Waals surface area contributed by atoms with Crippen molar-refractivity contribution in [1.82, 2.24) is 20.8 Å². The summed E-state index contributed by atoms with van der Waals surface area (Å²) in [5, 5.41) is 12.6. The summed E-state index contributed by atoms with van der Waals surface area (Å²) >= 11 is 0. The van der Waals surface area contributed by atoms with Crippen molar-refractivity contribution in [2.24, 2.45) is 5.92 Å². The van der Waals surface area contributed by atoms with Crippen LogP contribution in [0.2, 0.25) is 0 Å². The number of carbonyl (C=O) groups is 1. The van der Waals surface area contributed by atoms with Crippen LogP contribution in [0.25, 0.3) is 0 Å². The van der Waals surface area contributed by atoms with Crippen molar-refractivity contribution in [3.8, 4) is 0 Å². The fraction of sp³-hybridized carbons (Fsp3) is 0.692. The number of nitrogens with zero attached hydrogens (tertiary/aromatic N) is 1. The van der Waals surface area contributed by atoms with Gasteiger partial charge in [-0.25, -0.2) is 4.79 Å². The zero-order valence-corrected chi connectivity index (χ0v) is 11.4. The zero-order chi connectivity index (χ0) is 13.5. The molecule has 0 aromatic carbocycles. The van der Waals surface area contributed by atoms with Gasteiger partial charge in [-0.15, -0.1) is 0 Å². The van der Waals surface area contributed by atoms with E-state index in [1.54, 1.807) is 0 Å². The molecule has 1 aliphatic rings. The second kappa shape index (κ2) is 7.13. The number of urea groups is 1. The van der Waals surface area contributed by atoms with Gasteiger partial charge in [0.05, 0.1) is 12.8 Å². The number of rotatable bonds is 6. The first-order chi connectivity index (χ1) is 9.25. The Kier molecular flexibility index (Phi) is 5.20. The van der Waals surface area contributed by atoms with Gasteiger partial charge in [0.25, 0.3) is 0 Å². The maximum atomic E-state index is 11.5. The third-order valence-corrected chi connectivity index (χ3v) is 3.42. The van der Waals surface area contributed by atoms with Crippen LogP contribution in [0.5, 0.6) is 0 Å². The van der Waals surface area contributed by atoms with Gasteiger partial charge in [-0.2, -0.15) is 5.10 Å². The lowest BCUT2D eigenvalue weighted by molar-refractivity contribution is 0.185. The van der Waals surface area contributed by atoms with Gasteiger partial charge in [0, 0.05) is 31.3 Å². The number of aryl methyl sites for hydroxylation is 2. The Morgan fingerprint density at radius 1 is 1.58 bits per heavy atom. The molecular weight excluding hydrogens is 244 g/mol. The minimum atomic E-state index is -0.0872. The van der Waals surface area contributed by atoms with Crippen LogP contribution >= 0.6 is 0 Å². The number of hydrogen-bond acceptors (Lipinski definition) is 3. The summed E-state index contributed by atoms with van der Waals surface area (Å²) in [7, 11) is 0. The molecule has 2 amide bonds. The van der Waals surface area contributed by atoms with Crippen LogP contribution in [0, 0.1) is 12.8 Å². The second-order valence-electron chi connectivity index (χ2n) is 4.99. The molecule has 1 aliphatic heterocycles. The molecule has 2 rings (SSSR count). The predicted octanol–water partition coefficient (Wildman–Crippen LogP) is 0.986. The first-order valence-electron chi connectivity index (χ1n) is 6.84. The van der Waals surface area contributed by atoms with Crippen LogP contribution in [0.4, 0.5) is 4.79 Å². The van der Waals surface area contributed by atoms with Crippen molar-refractivity contribution in [3.05, 3.63) is 17.5 Å². The van der Waals surface area contributed by atoms with Crippen molar-refractivity contribution in [3.63, 3.8) is 0 Å². The van der Waals surface area contributed by atoms with Crippen LogP contribution in [0.3, 0.4) is 0 Å². The van der Waals surface area contributed by atoms with E-state index in [9.17, 15) is 4.79 Å². The molecule has 3 N–H and O–H groups in total. The van der Waals surface area contributed by atoms with Crippen molar-refractivity contribution >= 4 is 6.03 Å². The van der Waals surface area contributed by atoms with Gasteiger partial charge in [-0.1, -0.05) is 0 Å². The normalized spacial score (nSPS) is 18.5. The Morgan fingerprint density at radius 2 is 2.47 bits per heavy atom. The number of ether oxygens (including phenoxy) is 1. The van der Waals surface area contributed by atoms with Crippen LogP contribution in [-0.4, -0.2) is 42.5 Å². The molecule has 0 unspecified atom stereocenters. The monoisotopic (exact) mass is 266 g/mol. The molecule has 2 heterocycles. The quantitative estimate of drug-likeness (QED) is 0.672. The maximum Gasteiger partial charge on any atom is 0.314 e. The summed E-state index contributed by atoms with van der Waals surface area (Å²) in [6.07, 6.45) is 4.73. The minimum absolute atomic E-state index is 0.0872. The Morgan fingerprint density at radius 3 is 3.16 bits per heavy atom. The topological polar surface area (TPSA) is 79.0 Å². The number of nitrogens with one attached hydrogen (secondary N) is 3. The van der Waals surface area contributed by atoms with Gasteiger partial charge in [0.15, 0.2) is 0 Å². The SMILES string of the molecule is Cc1[nH]ncc1CCCNC(=O)NC[C@H]1CCOC1. The molecule has 0 saturated carbocycles. The van der Waals surface area contributed by atoms with E-state index < -0.39 is 0 Å². The number of H-pyrrole nitrogens is 1. The standard InChI is InChI=1S/C13H22N4O2/c1-10-12(8-16-17-10)3-2-5-14-13(18)15-7-11-4-6-19-9-11/h8,11H,2-7,9H2,1H3,(H,16,17)(H2,14,15,18)/t11-/m1/s1. The van der Waals surface area contributed by atoms with Crippen molar-refractivity contribution < 1.29 is 9.53 Å². The highest BCUT2D eigenvalue weighted by Crippen LogP contribution is 2.10. The Balaban J connectivity index is 1.52. The van der Waals surface area contributed by atoms with Gasteiger partial charge < -0.3 is 15.4 Å². The molecule has 0 spiro atoms. The Bertz CT molecular complexity index is 399. The molecule has 6 nitrogen and oxygen atoms in total. The van der Waals surface area contributed by atoms with Crippen LogP contribution in [0.15, 0.2) is 6.20 Å². The van der Waals surface area contributed by atoms with E-state index in [4.69, 9.17) is 4.74 Å². The van der Waals surface area contributed by atoms with Crippen LogP contribution in [-0.2, 0) is 11.2 Å². The summed E-state index contributed by atoms with van der Waals surface area (Å²) < 4.78 is 5.26. The molecule has 1 aromatic heterocycles. The van der Waals surface area contributed by atoms with E-state index in [1.807, 2.05) is 13.1 Å². The molecule has 1 atom stereocenters. The lowest BCUT2D eigenvalue weighted by Gasteiger charge is -2.10.